The maximum atomic E-state index is 10.5. The minimum Gasteiger partial charge on any atom is -0.338 e. The first-order valence-corrected chi connectivity index (χ1v) is 19.4. The highest BCUT2D eigenvalue weighted by atomic mass is 32.1. The number of aromatic nitrogens is 5. The average Bonchev–Trinajstić information content (AvgIpc) is 3.84. The Morgan fingerprint density at radius 2 is 1.51 bits per heavy atom. The van der Waals surface area contributed by atoms with Gasteiger partial charge in [-0.15, -0.1) is 10.2 Å². The van der Waals surface area contributed by atoms with Gasteiger partial charge in [0.15, 0.2) is 16.8 Å². The number of hydrogen-bond donors (Lipinski definition) is 1. The smallest absolute Gasteiger partial charge is 0.213 e. The number of para-hydroxylation sites is 2. The minimum atomic E-state index is -0.424. The molecular weight excluding hydrogens is 697 g/mol. The van der Waals surface area contributed by atoms with Crippen LogP contribution >= 0.6 is 22.7 Å². The second kappa shape index (κ2) is 14.5. The van der Waals surface area contributed by atoms with Gasteiger partial charge in [-0.1, -0.05) is 98.8 Å². The van der Waals surface area contributed by atoms with Crippen LogP contribution in [0.2, 0.25) is 0 Å². The molecule has 3 aromatic carbocycles. The number of aryl methyl sites for hydroxylation is 4. The van der Waals surface area contributed by atoms with E-state index in [1.54, 1.807) is 16.0 Å². The highest BCUT2D eigenvalue weighted by molar-refractivity contribution is 7.22. The molecule has 4 heterocycles. The van der Waals surface area contributed by atoms with Crippen LogP contribution in [0, 0.1) is 39.0 Å². The molecule has 0 spiro atoms. The predicted molar refractivity (Wildman–Crippen MR) is 219 cm³/mol. The molecule has 4 aromatic heterocycles. The minimum absolute atomic E-state index is 0.327. The fourth-order valence-electron chi connectivity index (χ4n) is 6.41. The number of hydrogen-bond acceptors (Lipinski definition) is 11. The van der Waals surface area contributed by atoms with Crippen LogP contribution in [0.25, 0.3) is 25.6 Å². The Labute approximate surface area is 317 Å². The fourth-order valence-corrected chi connectivity index (χ4v) is 8.33. The Morgan fingerprint density at radius 3 is 2.13 bits per heavy atom. The van der Waals surface area contributed by atoms with Crippen molar-refractivity contribution in [2.24, 2.45) is 10.2 Å². The summed E-state index contributed by atoms with van der Waals surface area (Å²) in [5.74, 6) is 1.65. The van der Waals surface area contributed by atoms with Gasteiger partial charge in [0.1, 0.15) is 23.1 Å². The van der Waals surface area contributed by atoms with E-state index >= 15 is 0 Å². The summed E-state index contributed by atoms with van der Waals surface area (Å²) in [6.45, 7) is 17.4. The summed E-state index contributed by atoms with van der Waals surface area (Å²) >= 11 is 3.16. The van der Waals surface area contributed by atoms with E-state index < -0.39 is 5.41 Å². The monoisotopic (exact) mass is 738 g/mol. The SMILES string of the molecule is CCCCN(c1cc(C)c(N=Nc2c(C#N)c(C(C)(C)C)nn2-c2nc3ccccc3s2)c(Nc2c(C)cc(C)cc2C)n1)c1nc2ccccc2s1. The van der Waals surface area contributed by atoms with E-state index in [0.29, 0.717) is 33.7 Å². The summed E-state index contributed by atoms with van der Waals surface area (Å²) in [7, 11) is 0. The molecule has 53 heavy (non-hydrogen) atoms. The summed E-state index contributed by atoms with van der Waals surface area (Å²) in [5, 5.41) is 30.3. The Hall–Kier alpha value is -5.51. The van der Waals surface area contributed by atoms with Gasteiger partial charge in [-0.05, 0) is 81.1 Å². The van der Waals surface area contributed by atoms with Gasteiger partial charge in [0.2, 0.25) is 5.13 Å². The fraction of sp³-hybridized carbons (Fsp3) is 0.293. The topological polar surface area (TPSA) is 120 Å². The van der Waals surface area contributed by atoms with Gasteiger partial charge in [-0.3, -0.25) is 0 Å². The van der Waals surface area contributed by atoms with Crippen molar-refractivity contribution in [1.82, 2.24) is 24.7 Å². The Morgan fingerprint density at radius 1 is 0.849 bits per heavy atom. The quantitative estimate of drug-likeness (QED) is 0.139. The van der Waals surface area contributed by atoms with Crippen molar-refractivity contribution in [1.29, 1.82) is 5.26 Å². The molecule has 0 fully saturated rings. The lowest BCUT2D eigenvalue weighted by Gasteiger charge is -2.23. The van der Waals surface area contributed by atoms with Crippen molar-refractivity contribution >= 4 is 77.1 Å². The van der Waals surface area contributed by atoms with Gasteiger partial charge in [0.05, 0.1) is 26.1 Å². The van der Waals surface area contributed by atoms with Crippen molar-refractivity contribution < 1.29 is 0 Å². The van der Waals surface area contributed by atoms with E-state index in [2.05, 4.69) is 62.2 Å². The third-order valence-corrected chi connectivity index (χ3v) is 11.1. The number of thiazole rings is 2. The van der Waals surface area contributed by atoms with Crippen molar-refractivity contribution in [3.8, 4) is 11.2 Å². The number of anilines is 4. The summed E-state index contributed by atoms with van der Waals surface area (Å²) in [5.41, 5.74) is 8.16. The molecule has 0 aliphatic heterocycles. The van der Waals surface area contributed by atoms with Crippen molar-refractivity contribution in [3.05, 3.63) is 100 Å². The number of nitriles is 1. The molecule has 0 saturated carbocycles. The summed E-state index contributed by atoms with van der Waals surface area (Å²) in [6.07, 6.45) is 2.00. The third-order valence-electron chi connectivity index (χ3n) is 9.01. The Bertz CT molecular complexity index is 2460. The number of azo groups is 1. The zero-order valence-electron chi connectivity index (χ0n) is 31.3. The van der Waals surface area contributed by atoms with Crippen molar-refractivity contribution in [2.75, 3.05) is 16.8 Å². The molecule has 0 bridgehead atoms. The molecule has 10 nitrogen and oxygen atoms in total. The molecule has 7 rings (SSSR count). The molecule has 268 valence electrons. The average molecular weight is 739 g/mol. The predicted octanol–water partition coefficient (Wildman–Crippen LogP) is 12.0. The summed E-state index contributed by atoms with van der Waals surface area (Å²) < 4.78 is 3.80. The lowest BCUT2D eigenvalue weighted by atomic mass is 9.90. The van der Waals surface area contributed by atoms with Crippen LogP contribution < -0.4 is 10.2 Å². The van der Waals surface area contributed by atoms with E-state index in [1.165, 1.54) is 16.9 Å². The van der Waals surface area contributed by atoms with E-state index in [4.69, 9.17) is 30.3 Å². The molecule has 1 N–H and O–H groups in total. The van der Waals surface area contributed by atoms with Crippen molar-refractivity contribution in [2.45, 2.75) is 73.6 Å². The van der Waals surface area contributed by atoms with Gasteiger partial charge in [-0.25, -0.2) is 15.0 Å². The maximum absolute atomic E-state index is 10.5. The molecule has 0 aliphatic carbocycles. The molecule has 0 amide bonds. The molecule has 0 aliphatic rings. The number of unbranched alkanes of at least 4 members (excludes halogenated alkanes) is 1. The molecule has 0 saturated heterocycles. The molecule has 0 unspecified atom stereocenters. The molecule has 0 atom stereocenters. The van der Waals surface area contributed by atoms with Crippen LogP contribution in [0.4, 0.5) is 34.0 Å². The molecular formula is C41H42N10S2. The largest absolute Gasteiger partial charge is 0.338 e. The molecule has 7 aromatic rings. The Kier molecular flexibility index (Phi) is 9.81. The Balaban J connectivity index is 1.41. The number of nitrogens with zero attached hydrogens (tertiary/aromatic N) is 9. The van der Waals surface area contributed by atoms with E-state index in [-0.39, 0.29) is 0 Å². The second-order valence-electron chi connectivity index (χ2n) is 14.3. The maximum Gasteiger partial charge on any atom is 0.213 e. The lowest BCUT2D eigenvalue weighted by Crippen LogP contribution is -2.20. The van der Waals surface area contributed by atoms with E-state index in [1.807, 2.05) is 76.2 Å². The summed E-state index contributed by atoms with van der Waals surface area (Å²) in [6, 6.07) is 24.9. The van der Waals surface area contributed by atoms with E-state index in [9.17, 15) is 5.26 Å². The standard InChI is InChI=1S/C41H42N10S2/c1-9-10-19-50(39-43-29-15-11-13-17-31(29)52-39)33-22-27(5)35(37(45-33)46-34-25(3)20-24(2)21-26(34)4)47-48-38-28(23-42)36(41(6,7)8)49-51(38)40-44-30-16-12-14-18-32(30)53-40/h11-18,20-22H,9-10,19H2,1-8H3,(H,45,46). The first-order valence-electron chi connectivity index (χ1n) is 17.8. The number of pyridine rings is 1. The van der Waals surface area contributed by atoms with Crippen LogP contribution in [0.5, 0.6) is 0 Å². The van der Waals surface area contributed by atoms with Crippen LogP contribution in [0.1, 0.15) is 74.0 Å². The van der Waals surface area contributed by atoms with E-state index in [0.717, 1.165) is 73.1 Å². The number of benzene rings is 3. The van der Waals surface area contributed by atoms with Crippen LogP contribution in [0.3, 0.4) is 0 Å². The zero-order chi connectivity index (χ0) is 37.4. The highest BCUT2D eigenvalue weighted by Gasteiger charge is 2.29. The van der Waals surface area contributed by atoms with Crippen LogP contribution in [-0.2, 0) is 5.41 Å². The van der Waals surface area contributed by atoms with Gasteiger partial charge in [0.25, 0.3) is 0 Å². The highest BCUT2D eigenvalue weighted by Crippen LogP contribution is 2.41. The van der Waals surface area contributed by atoms with Crippen LogP contribution in [0.15, 0.2) is 77.0 Å². The van der Waals surface area contributed by atoms with Gasteiger partial charge in [-0.2, -0.15) is 15.0 Å². The van der Waals surface area contributed by atoms with Crippen LogP contribution in [-0.4, -0.2) is 31.3 Å². The number of fused-ring (bicyclic) bond motifs is 2. The van der Waals surface area contributed by atoms with Gasteiger partial charge in [0, 0.05) is 17.6 Å². The first-order chi connectivity index (χ1) is 25.4. The molecule has 0 radical (unpaired) electrons. The number of nitrogens with one attached hydrogen (secondary N) is 1. The lowest BCUT2D eigenvalue weighted by molar-refractivity contribution is 0.559. The molecule has 12 heteroatoms. The van der Waals surface area contributed by atoms with Crippen molar-refractivity contribution in [3.63, 3.8) is 0 Å². The second-order valence-corrected chi connectivity index (χ2v) is 16.4. The normalized spacial score (nSPS) is 11.9. The summed E-state index contributed by atoms with van der Waals surface area (Å²) in [4.78, 5) is 17.3. The van der Waals surface area contributed by atoms with Gasteiger partial charge >= 0.3 is 0 Å². The van der Waals surface area contributed by atoms with Gasteiger partial charge < -0.3 is 10.2 Å². The number of rotatable bonds is 10. The third kappa shape index (κ3) is 7.14. The first kappa shape index (κ1) is 35.9. The zero-order valence-corrected chi connectivity index (χ0v) is 32.9.